The van der Waals surface area contributed by atoms with Crippen LogP contribution in [0.3, 0.4) is 0 Å². The molecule has 1 fully saturated rings. The normalized spacial score (nSPS) is 21.2. The van der Waals surface area contributed by atoms with E-state index in [0.717, 1.165) is 32.3 Å². The second-order valence-electron chi connectivity index (χ2n) is 4.76. The third-order valence-corrected chi connectivity index (χ3v) is 4.00. The van der Waals surface area contributed by atoms with Gasteiger partial charge < -0.3 is 9.84 Å². The number of hydrogen-bond acceptors (Lipinski definition) is 2. The fraction of sp³-hybridized carbons (Fsp3) is 0.571. The second-order valence-corrected chi connectivity index (χ2v) is 5.61. The van der Waals surface area contributed by atoms with Gasteiger partial charge in [0.2, 0.25) is 0 Å². The Labute approximate surface area is 115 Å². The lowest BCUT2D eigenvalue weighted by Gasteiger charge is -2.13. The van der Waals surface area contributed by atoms with Crippen LogP contribution < -0.4 is 0 Å². The van der Waals surface area contributed by atoms with Crippen LogP contribution in [0.1, 0.15) is 43.8 Å². The van der Waals surface area contributed by atoms with Crippen molar-refractivity contribution in [3.8, 4) is 0 Å². The zero-order valence-electron chi connectivity index (χ0n) is 10.2. The highest BCUT2D eigenvalue weighted by Gasteiger charge is 2.16. The molecule has 1 aromatic carbocycles. The van der Waals surface area contributed by atoms with Gasteiger partial charge >= 0.3 is 0 Å². The molecule has 0 amide bonds. The molecule has 4 heteroatoms. The lowest BCUT2D eigenvalue weighted by molar-refractivity contribution is 0.0944. The first kappa shape index (κ1) is 14.0. The highest BCUT2D eigenvalue weighted by molar-refractivity contribution is 9.10. The van der Waals surface area contributed by atoms with Gasteiger partial charge in [0.05, 0.1) is 16.7 Å². The summed E-state index contributed by atoms with van der Waals surface area (Å²) in [6, 6.07) is 4.78. The number of halogens is 2. The van der Waals surface area contributed by atoms with Gasteiger partial charge in [-0.05, 0) is 65.7 Å². The minimum absolute atomic E-state index is 0.328. The molecule has 0 aliphatic carbocycles. The molecule has 1 N–H and O–H groups in total. The van der Waals surface area contributed by atoms with E-state index < -0.39 is 6.10 Å². The Morgan fingerprint density at radius 1 is 1.50 bits per heavy atom. The third-order valence-electron chi connectivity index (χ3n) is 3.36. The molecule has 1 heterocycles. The summed E-state index contributed by atoms with van der Waals surface area (Å²) in [4.78, 5) is 0. The van der Waals surface area contributed by atoms with Crippen molar-refractivity contribution in [3.05, 3.63) is 34.1 Å². The Bertz CT molecular complexity index is 391. The van der Waals surface area contributed by atoms with Gasteiger partial charge in [-0.1, -0.05) is 6.07 Å². The van der Waals surface area contributed by atoms with Gasteiger partial charge in [-0.25, -0.2) is 4.39 Å². The van der Waals surface area contributed by atoms with Crippen LogP contribution in [0.2, 0.25) is 0 Å². The summed E-state index contributed by atoms with van der Waals surface area (Å²) in [5, 5.41) is 9.99. The summed E-state index contributed by atoms with van der Waals surface area (Å²) in [5.74, 6) is -0.328. The van der Waals surface area contributed by atoms with Gasteiger partial charge in [-0.15, -0.1) is 0 Å². The zero-order valence-corrected chi connectivity index (χ0v) is 11.8. The van der Waals surface area contributed by atoms with E-state index >= 15 is 0 Å². The quantitative estimate of drug-likeness (QED) is 0.890. The highest BCUT2D eigenvalue weighted by Crippen LogP contribution is 2.25. The monoisotopic (exact) mass is 316 g/mol. The van der Waals surface area contributed by atoms with Crippen LogP contribution in [0.5, 0.6) is 0 Å². The highest BCUT2D eigenvalue weighted by atomic mass is 79.9. The van der Waals surface area contributed by atoms with E-state index in [4.69, 9.17) is 4.74 Å². The predicted molar refractivity (Wildman–Crippen MR) is 71.9 cm³/mol. The van der Waals surface area contributed by atoms with E-state index in [1.54, 1.807) is 12.1 Å². The number of aliphatic hydroxyl groups excluding tert-OH is 1. The fourth-order valence-electron chi connectivity index (χ4n) is 2.30. The summed E-state index contributed by atoms with van der Waals surface area (Å²) >= 11 is 3.10. The summed E-state index contributed by atoms with van der Waals surface area (Å²) in [5.41, 5.74) is 0.642. The predicted octanol–water partition coefficient (Wildman–Crippen LogP) is 3.97. The van der Waals surface area contributed by atoms with Crippen molar-refractivity contribution in [2.45, 2.75) is 44.3 Å². The molecule has 0 spiro atoms. The zero-order chi connectivity index (χ0) is 13.0. The maximum absolute atomic E-state index is 13.3. The maximum Gasteiger partial charge on any atom is 0.137 e. The van der Waals surface area contributed by atoms with Crippen molar-refractivity contribution >= 4 is 15.9 Å². The Hall–Kier alpha value is -0.450. The number of benzene rings is 1. The molecule has 1 saturated heterocycles. The number of ether oxygens (including phenoxy) is 1. The molecule has 1 aliphatic heterocycles. The lowest BCUT2D eigenvalue weighted by Crippen LogP contribution is -2.06. The van der Waals surface area contributed by atoms with Gasteiger partial charge in [-0.2, -0.15) is 0 Å². The number of rotatable bonds is 5. The van der Waals surface area contributed by atoms with Crippen LogP contribution in [0, 0.1) is 5.82 Å². The summed E-state index contributed by atoms with van der Waals surface area (Å²) in [6.07, 6.45) is 4.59. The van der Waals surface area contributed by atoms with E-state index in [0.29, 0.717) is 22.6 Å². The van der Waals surface area contributed by atoms with Crippen molar-refractivity contribution in [1.29, 1.82) is 0 Å². The average Bonchev–Trinajstić information content (AvgIpc) is 2.85. The first-order valence-electron chi connectivity index (χ1n) is 6.41. The number of hydrogen-bond donors (Lipinski definition) is 1. The van der Waals surface area contributed by atoms with Crippen molar-refractivity contribution in [2.75, 3.05) is 6.61 Å². The molecule has 0 bridgehead atoms. The summed E-state index contributed by atoms with van der Waals surface area (Å²) in [7, 11) is 0. The van der Waals surface area contributed by atoms with Gasteiger partial charge in [0, 0.05) is 6.61 Å². The molecule has 2 atom stereocenters. The topological polar surface area (TPSA) is 29.5 Å². The molecule has 2 rings (SSSR count). The second kappa shape index (κ2) is 6.64. The van der Waals surface area contributed by atoms with Crippen molar-refractivity contribution < 1.29 is 14.2 Å². The SMILES string of the molecule is OC(CCCC1CCCO1)c1ccc(Br)c(F)c1. The van der Waals surface area contributed by atoms with Crippen molar-refractivity contribution in [3.63, 3.8) is 0 Å². The number of aliphatic hydroxyl groups is 1. The van der Waals surface area contributed by atoms with Crippen LogP contribution >= 0.6 is 15.9 Å². The summed E-state index contributed by atoms with van der Waals surface area (Å²) in [6.45, 7) is 0.866. The van der Waals surface area contributed by atoms with E-state index in [1.165, 1.54) is 6.07 Å². The minimum Gasteiger partial charge on any atom is -0.388 e. The Kier molecular flexibility index (Phi) is 5.15. The van der Waals surface area contributed by atoms with Crippen LogP contribution in [0.15, 0.2) is 22.7 Å². The molecular formula is C14H18BrFO2. The Morgan fingerprint density at radius 3 is 3.00 bits per heavy atom. The first-order valence-corrected chi connectivity index (χ1v) is 7.20. The Balaban J connectivity index is 1.79. The largest absolute Gasteiger partial charge is 0.388 e. The van der Waals surface area contributed by atoms with E-state index in [9.17, 15) is 9.50 Å². The van der Waals surface area contributed by atoms with Gasteiger partial charge in [0.15, 0.2) is 0 Å². The summed E-state index contributed by atoms with van der Waals surface area (Å²) < 4.78 is 19.3. The molecule has 0 saturated carbocycles. The maximum atomic E-state index is 13.3. The molecule has 0 radical (unpaired) electrons. The van der Waals surface area contributed by atoms with E-state index in [2.05, 4.69) is 15.9 Å². The lowest BCUT2D eigenvalue weighted by atomic mass is 10.0. The van der Waals surface area contributed by atoms with Crippen LogP contribution in [0.25, 0.3) is 0 Å². The molecule has 1 aromatic rings. The molecule has 0 aromatic heterocycles. The van der Waals surface area contributed by atoms with Crippen LogP contribution in [-0.4, -0.2) is 17.8 Å². The smallest absolute Gasteiger partial charge is 0.137 e. The van der Waals surface area contributed by atoms with Gasteiger partial charge in [-0.3, -0.25) is 0 Å². The molecule has 100 valence electrons. The van der Waals surface area contributed by atoms with Gasteiger partial charge in [0.25, 0.3) is 0 Å². The standard InChI is InChI=1S/C14H18BrFO2/c15-12-7-6-10(9-13(12)16)14(17)5-1-3-11-4-2-8-18-11/h6-7,9,11,14,17H,1-5,8H2. The van der Waals surface area contributed by atoms with E-state index in [1.807, 2.05) is 0 Å². The molecule has 1 aliphatic rings. The third kappa shape index (κ3) is 3.77. The van der Waals surface area contributed by atoms with Crippen LogP contribution in [-0.2, 0) is 4.74 Å². The molecule has 2 unspecified atom stereocenters. The molecule has 18 heavy (non-hydrogen) atoms. The first-order chi connectivity index (χ1) is 8.66. The molecule has 2 nitrogen and oxygen atoms in total. The van der Waals surface area contributed by atoms with Crippen molar-refractivity contribution in [2.24, 2.45) is 0 Å². The average molecular weight is 317 g/mol. The Morgan fingerprint density at radius 2 is 2.33 bits per heavy atom. The minimum atomic E-state index is -0.589. The van der Waals surface area contributed by atoms with E-state index in [-0.39, 0.29) is 5.82 Å². The van der Waals surface area contributed by atoms with Gasteiger partial charge in [0.1, 0.15) is 5.82 Å². The van der Waals surface area contributed by atoms with Crippen LogP contribution in [0.4, 0.5) is 4.39 Å². The fourth-order valence-corrected chi connectivity index (χ4v) is 2.54. The molecular weight excluding hydrogens is 299 g/mol. The van der Waals surface area contributed by atoms with Crippen molar-refractivity contribution in [1.82, 2.24) is 0 Å².